The van der Waals surface area contributed by atoms with Crippen molar-refractivity contribution in [2.24, 2.45) is 7.05 Å². The van der Waals surface area contributed by atoms with Crippen molar-refractivity contribution >= 4 is 39.3 Å². The minimum Gasteiger partial charge on any atom is -0.325 e. The van der Waals surface area contributed by atoms with Gasteiger partial charge in [0, 0.05) is 23.4 Å². The summed E-state index contributed by atoms with van der Waals surface area (Å²) in [6.45, 7) is 0. The Morgan fingerprint density at radius 1 is 1.21 bits per heavy atom. The first-order chi connectivity index (χ1) is 11.6. The summed E-state index contributed by atoms with van der Waals surface area (Å²) in [5.74, 6) is 0.834. The van der Waals surface area contributed by atoms with Gasteiger partial charge in [0.2, 0.25) is 5.91 Å². The average molecular weight is 404 g/mol. The minimum atomic E-state index is -0.0929. The van der Waals surface area contributed by atoms with Gasteiger partial charge in [-0.3, -0.25) is 9.78 Å². The SMILES string of the molecule is Cn1c(SCC(=O)Nc2ccc(Br)cc2)nnc1-c1ccccn1. The van der Waals surface area contributed by atoms with Crippen LogP contribution in [-0.4, -0.2) is 31.4 Å². The summed E-state index contributed by atoms with van der Waals surface area (Å²) in [6.07, 6.45) is 1.71. The van der Waals surface area contributed by atoms with Gasteiger partial charge >= 0.3 is 0 Å². The van der Waals surface area contributed by atoms with Gasteiger partial charge in [-0.25, -0.2) is 0 Å². The number of aromatic nitrogens is 4. The summed E-state index contributed by atoms with van der Waals surface area (Å²) in [4.78, 5) is 16.3. The molecule has 2 heterocycles. The lowest BCUT2D eigenvalue weighted by Gasteiger charge is -2.05. The summed E-state index contributed by atoms with van der Waals surface area (Å²) in [7, 11) is 1.86. The number of nitrogens with one attached hydrogen (secondary N) is 1. The zero-order chi connectivity index (χ0) is 16.9. The van der Waals surface area contributed by atoms with Crippen molar-refractivity contribution in [3.63, 3.8) is 0 Å². The molecule has 0 fully saturated rings. The smallest absolute Gasteiger partial charge is 0.234 e. The van der Waals surface area contributed by atoms with E-state index in [1.54, 1.807) is 6.20 Å². The second kappa shape index (κ2) is 7.59. The number of anilines is 1. The van der Waals surface area contributed by atoms with E-state index in [-0.39, 0.29) is 11.7 Å². The Hall–Kier alpha value is -2.19. The fourth-order valence-electron chi connectivity index (χ4n) is 2.02. The van der Waals surface area contributed by atoms with Crippen molar-refractivity contribution in [1.82, 2.24) is 19.7 Å². The summed E-state index contributed by atoms with van der Waals surface area (Å²) in [5.41, 5.74) is 1.51. The number of halogens is 1. The molecule has 0 saturated carbocycles. The summed E-state index contributed by atoms with van der Waals surface area (Å²) >= 11 is 4.70. The Bertz CT molecular complexity index is 835. The van der Waals surface area contributed by atoms with Gasteiger partial charge in [0.1, 0.15) is 5.69 Å². The maximum atomic E-state index is 12.0. The zero-order valence-electron chi connectivity index (χ0n) is 12.8. The van der Waals surface area contributed by atoms with Crippen LogP contribution in [0, 0.1) is 0 Å². The molecule has 0 aliphatic heterocycles. The third kappa shape index (κ3) is 4.01. The Morgan fingerprint density at radius 3 is 2.71 bits per heavy atom. The molecule has 0 radical (unpaired) electrons. The van der Waals surface area contributed by atoms with Gasteiger partial charge in [-0.1, -0.05) is 33.8 Å². The van der Waals surface area contributed by atoms with Crippen LogP contribution in [0.3, 0.4) is 0 Å². The number of rotatable bonds is 5. The molecule has 1 aromatic carbocycles. The molecule has 122 valence electrons. The van der Waals surface area contributed by atoms with Crippen LogP contribution < -0.4 is 5.32 Å². The second-order valence-electron chi connectivity index (χ2n) is 4.92. The summed E-state index contributed by atoms with van der Waals surface area (Å²) in [6, 6.07) is 13.1. The molecule has 0 bridgehead atoms. The maximum Gasteiger partial charge on any atom is 0.234 e. The number of thioether (sulfide) groups is 1. The van der Waals surface area contributed by atoms with Crippen LogP contribution in [0.4, 0.5) is 5.69 Å². The lowest BCUT2D eigenvalue weighted by molar-refractivity contribution is -0.113. The van der Waals surface area contributed by atoms with E-state index in [4.69, 9.17) is 0 Å². The van der Waals surface area contributed by atoms with E-state index in [9.17, 15) is 4.79 Å². The molecule has 0 unspecified atom stereocenters. The minimum absolute atomic E-state index is 0.0929. The zero-order valence-corrected chi connectivity index (χ0v) is 15.2. The molecule has 0 atom stereocenters. The number of hydrogen-bond donors (Lipinski definition) is 1. The highest BCUT2D eigenvalue weighted by atomic mass is 79.9. The van der Waals surface area contributed by atoms with Gasteiger partial charge in [-0.05, 0) is 36.4 Å². The van der Waals surface area contributed by atoms with Gasteiger partial charge in [0.05, 0.1) is 5.75 Å². The van der Waals surface area contributed by atoms with Crippen molar-refractivity contribution in [1.29, 1.82) is 0 Å². The predicted octanol–water partition coefficient (Wildman–Crippen LogP) is 3.37. The highest BCUT2D eigenvalue weighted by molar-refractivity contribution is 9.10. The molecule has 24 heavy (non-hydrogen) atoms. The van der Waals surface area contributed by atoms with Crippen molar-refractivity contribution < 1.29 is 4.79 Å². The average Bonchev–Trinajstić information content (AvgIpc) is 2.97. The van der Waals surface area contributed by atoms with Crippen molar-refractivity contribution in [2.75, 3.05) is 11.1 Å². The predicted molar refractivity (Wildman–Crippen MR) is 97.7 cm³/mol. The Balaban J connectivity index is 1.62. The molecule has 1 N–H and O–H groups in total. The third-order valence-corrected chi connectivity index (χ3v) is 4.74. The fourth-order valence-corrected chi connectivity index (χ4v) is 2.99. The van der Waals surface area contributed by atoms with Gasteiger partial charge in [-0.2, -0.15) is 0 Å². The Labute approximate surface area is 151 Å². The second-order valence-corrected chi connectivity index (χ2v) is 6.78. The normalized spacial score (nSPS) is 10.6. The quantitative estimate of drug-likeness (QED) is 0.661. The maximum absolute atomic E-state index is 12.0. The first kappa shape index (κ1) is 16.7. The Morgan fingerprint density at radius 2 is 2.00 bits per heavy atom. The van der Waals surface area contributed by atoms with Crippen LogP contribution in [0.25, 0.3) is 11.5 Å². The summed E-state index contributed by atoms with van der Waals surface area (Å²) in [5, 5.41) is 11.8. The van der Waals surface area contributed by atoms with Crippen molar-refractivity contribution in [2.45, 2.75) is 5.16 Å². The number of pyridine rings is 1. The fraction of sp³-hybridized carbons (Fsp3) is 0.125. The first-order valence-electron chi connectivity index (χ1n) is 7.12. The third-order valence-electron chi connectivity index (χ3n) is 3.19. The lowest BCUT2D eigenvalue weighted by Crippen LogP contribution is -2.14. The molecular formula is C16H14BrN5OS. The number of amides is 1. The van der Waals surface area contributed by atoms with E-state index in [0.717, 1.165) is 15.9 Å². The molecule has 2 aromatic heterocycles. The van der Waals surface area contributed by atoms with Crippen LogP contribution in [0.15, 0.2) is 58.3 Å². The van der Waals surface area contributed by atoms with E-state index in [0.29, 0.717) is 11.0 Å². The van der Waals surface area contributed by atoms with Crippen LogP contribution in [0.5, 0.6) is 0 Å². The van der Waals surface area contributed by atoms with Crippen molar-refractivity contribution in [3.05, 3.63) is 53.1 Å². The van der Waals surface area contributed by atoms with Crippen LogP contribution >= 0.6 is 27.7 Å². The molecule has 0 aliphatic carbocycles. The van der Waals surface area contributed by atoms with Gasteiger partial charge in [0.15, 0.2) is 11.0 Å². The molecule has 6 nitrogen and oxygen atoms in total. The standard InChI is InChI=1S/C16H14BrN5OS/c1-22-15(13-4-2-3-9-18-13)20-21-16(22)24-10-14(23)19-12-7-5-11(17)6-8-12/h2-9H,10H2,1H3,(H,19,23). The number of carbonyl (C=O) groups is 1. The number of carbonyl (C=O) groups excluding carboxylic acids is 1. The van der Waals surface area contributed by atoms with E-state index < -0.39 is 0 Å². The van der Waals surface area contributed by atoms with E-state index in [1.165, 1.54) is 11.8 Å². The molecule has 0 spiro atoms. The monoisotopic (exact) mass is 403 g/mol. The highest BCUT2D eigenvalue weighted by Gasteiger charge is 2.13. The Kier molecular flexibility index (Phi) is 5.27. The summed E-state index contributed by atoms with van der Waals surface area (Å²) < 4.78 is 2.80. The van der Waals surface area contributed by atoms with E-state index in [1.807, 2.05) is 54.1 Å². The van der Waals surface area contributed by atoms with E-state index in [2.05, 4.69) is 36.4 Å². The molecule has 1 amide bonds. The van der Waals surface area contributed by atoms with Crippen LogP contribution in [0.2, 0.25) is 0 Å². The van der Waals surface area contributed by atoms with Crippen LogP contribution in [0.1, 0.15) is 0 Å². The topological polar surface area (TPSA) is 72.7 Å². The molecule has 8 heteroatoms. The largest absolute Gasteiger partial charge is 0.325 e. The van der Waals surface area contributed by atoms with Gasteiger partial charge < -0.3 is 9.88 Å². The lowest BCUT2D eigenvalue weighted by atomic mass is 10.3. The number of nitrogens with zero attached hydrogens (tertiary/aromatic N) is 4. The van der Waals surface area contributed by atoms with Crippen LogP contribution in [-0.2, 0) is 11.8 Å². The molecular weight excluding hydrogens is 390 g/mol. The van der Waals surface area contributed by atoms with Gasteiger partial charge in [0.25, 0.3) is 0 Å². The molecule has 0 aliphatic rings. The first-order valence-corrected chi connectivity index (χ1v) is 8.90. The molecule has 3 rings (SSSR count). The number of benzene rings is 1. The molecule has 3 aromatic rings. The van der Waals surface area contributed by atoms with E-state index >= 15 is 0 Å². The van der Waals surface area contributed by atoms with Gasteiger partial charge in [-0.15, -0.1) is 10.2 Å². The number of hydrogen-bond acceptors (Lipinski definition) is 5. The molecule has 0 saturated heterocycles. The highest BCUT2D eigenvalue weighted by Crippen LogP contribution is 2.21. The van der Waals surface area contributed by atoms with Crippen molar-refractivity contribution in [3.8, 4) is 11.5 Å².